The quantitative estimate of drug-likeness (QED) is 0.140. The van der Waals surface area contributed by atoms with Crippen molar-refractivity contribution in [3.05, 3.63) is 59.7 Å². The van der Waals surface area contributed by atoms with Gasteiger partial charge in [-0.2, -0.15) is 0 Å². The summed E-state index contributed by atoms with van der Waals surface area (Å²) in [5, 5.41) is 14.9. The Bertz CT molecular complexity index is 2140. The molecule has 23 nitrogen and oxygen atoms in total. The average molecular weight is 945 g/mol. The second kappa shape index (κ2) is 23.2. The van der Waals surface area contributed by atoms with Gasteiger partial charge in [-0.3, -0.25) is 33.6 Å². The Morgan fingerprint density at radius 3 is 1.55 bits per heavy atom. The number of hydrogen-bond acceptors (Lipinski definition) is 20. The maximum absolute atomic E-state index is 13.2. The van der Waals surface area contributed by atoms with Crippen molar-refractivity contribution in [1.29, 1.82) is 0 Å². The highest BCUT2D eigenvalue weighted by Gasteiger charge is 2.57. The van der Waals surface area contributed by atoms with Gasteiger partial charge in [0.15, 0.2) is 43.0 Å². The van der Waals surface area contributed by atoms with E-state index in [0.29, 0.717) is 0 Å². The van der Waals surface area contributed by atoms with E-state index in [9.17, 15) is 48.3 Å². The van der Waals surface area contributed by atoms with Gasteiger partial charge in [0.05, 0.1) is 6.61 Å². The zero-order valence-electron chi connectivity index (χ0n) is 37.5. The fourth-order valence-corrected chi connectivity index (χ4v) is 7.86. The van der Waals surface area contributed by atoms with E-state index in [0.717, 1.165) is 70.7 Å². The average Bonchev–Trinajstić information content (AvgIpc) is 3.56. The molecule has 3 aliphatic rings. The predicted molar refractivity (Wildman–Crippen MR) is 221 cm³/mol. The van der Waals surface area contributed by atoms with Gasteiger partial charge in [0, 0.05) is 54.4 Å². The second-order valence-corrected chi connectivity index (χ2v) is 15.5. The van der Waals surface area contributed by atoms with Gasteiger partial charge >= 0.3 is 47.9 Å². The zero-order chi connectivity index (χ0) is 49.1. The first-order chi connectivity index (χ1) is 31.7. The van der Waals surface area contributed by atoms with E-state index < -0.39 is 141 Å². The summed E-state index contributed by atoms with van der Waals surface area (Å²) in [7, 11) is 0. The van der Waals surface area contributed by atoms with E-state index in [1.54, 1.807) is 0 Å². The van der Waals surface area contributed by atoms with E-state index in [-0.39, 0.29) is 12.5 Å². The molecule has 2 aromatic carbocycles. The van der Waals surface area contributed by atoms with Crippen molar-refractivity contribution in [3.8, 4) is 11.1 Å². The fourth-order valence-electron chi connectivity index (χ4n) is 7.86. The molecule has 0 spiro atoms. The van der Waals surface area contributed by atoms with Gasteiger partial charge in [-0.25, -0.2) is 9.59 Å². The molecule has 0 unspecified atom stereocenters. The minimum Gasteiger partial charge on any atom is -0.480 e. The van der Waals surface area contributed by atoms with Gasteiger partial charge in [-0.05, 0) is 22.3 Å². The molecule has 0 aromatic heterocycles. The van der Waals surface area contributed by atoms with Crippen LogP contribution >= 0.6 is 0 Å². The number of amides is 2. The van der Waals surface area contributed by atoms with Gasteiger partial charge in [0.25, 0.3) is 0 Å². The molecule has 2 fully saturated rings. The Labute approximate surface area is 383 Å². The molecule has 67 heavy (non-hydrogen) atoms. The number of carbonyl (C=O) groups excluding carboxylic acids is 8. The third kappa shape index (κ3) is 13.7. The Kier molecular flexibility index (Phi) is 17.7. The molecule has 11 atom stereocenters. The Hall–Kier alpha value is -6.69. The molecule has 2 heterocycles. The highest BCUT2D eigenvalue weighted by atomic mass is 16.8. The molecule has 0 saturated carbocycles. The summed E-state index contributed by atoms with van der Waals surface area (Å²) >= 11 is 0. The van der Waals surface area contributed by atoms with Crippen LogP contribution in [0.4, 0.5) is 4.79 Å². The van der Waals surface area contributed by atoms with Crippen molar-refractivity contribution in [2.45, 2.75) is 122 Å². The first kappa shape index (κ1) is 51.3. The minimum atomic E-state index is -1.90. The van der Waals surface area contributed by atoms with Gasteiger partial charge in [-0.15, -0.1) is 0 Å². The Morgan fingerprint density at radius 1 is 0.567 bits per heavy atom. The molecule has 2 saturated heterocycles. The second-order valence-electron chi connectivity index (χ2n) is 15.5. The van der Waals surface area contributed by atoms with Gasteiger partial charge in [-0.1, -0.05) is 48.5 Å². The maximum Gasteiger partial charge on any atom is 0.407 e. The third-order valence-corrected chi connectivity index (χ3v) is 10.4. The smallest absolute Gasteiger partial charge is 0.407 e. The molecular weight excluding hydrogens is 892 g/mol. The molecule has 2 aliphatic heterocycles. The lowest BCUT2D eigenvalue weighted by Crippen LogP contribution is -2.69. The van der Waals surface area contributed by atoms with Crippen molar-refractivity contribution >= 4 is 53.8 Å². The van der Waals surface area contributed by atoms with Gasteiger partial charge in [0.1, 0.15) is 44.2 Å². The first-order valence-corrected chi connectivity index (χ1v) is 20.9. The van der Waals surface area contributed by atoms with Gasteiger partial charge in [0.2, 0.25) is 5.91 Å². The van der Waals surface area contributed by atoms with Crippen molar-refractivity contribution in [1.82, 2.24) is 10.6 Å². The fraction of sp³-hybridized carbons (Fsp3) is 0.523. The normalized spacial score (nSPS) is 25.7. The monoisotopic (exact) mass is 944 g/mol. The van der Waals surface area contributed by atoms with E-state index in [4.69, 9.17) is 52.1 Å². The summed E-state index contributed by atoms with van der Waals surface area (Å²) in [5.74, 6) is -8.10. The first-order valence-electron chi connectivity index (χ1n) is 20.9. The number of hydrogen-bond donors (Lipinski definition) is 3. The summed E-state index contributed by atoms with van der Waals surface area (Å²) in [6.45, 7) is 4.90. The van der Waals surface area contributed by atoms with Crippen LogP contribution in [0.25, 0.3) is 11.1 Å². The van der Waals surface area contributed by atoms with E-state index >= 15 is 0 Å². The number of fused-ring (bicyclic) bond motifs is 3. The van der Waals surface area contributed by atoms with Crippen LogP contribution in [0.2, 0.25) is 0 Å². The number of aliphatic carboxylic acids is 1. The number of esters is 6. The van der Waals surface area contributed by atoms with Crippen LogP contribution in [-0.2, 0) is 90.5 Å². The highest BCUT2D eigenvalue weighted by Crippen LogP contribution is 2.44. The number of rotatable bonds is 18. The highest BCUT2D eigenvalue weighted by molar-refractivity contribution is 5.81. The molecule has 23 heteroatoms. The Morgan fingerprint density at radius 2 is 1.04 bits per heavy atom. The number of benzene rings is 2. The number of carboxylic acids is 1. The SMILES string of the molecule is CC(=O)N[C@@H]1[C@@H](OC[C@H](NC(=O)OCC2c3ccccc3-c3ccccc32)C(=O)O)O[C@H](COC(C)=O)[C@@H](O[C@H]2O[C@@H](COC(C)=O)[C@H](OC(C)=O)[C@@H](OC(C)=O)[C@@H]2OC(C)=O)[C@@H]1OC(C)=O. The molecule has 0 radical (unpaired) electrons. The van der Waals surface area contributed by atoms with Crippen LogP contribution in [-0.4, -0.2) is 153 Å². The van der Waals surface area contributed by atoms with Crippen LogP contribution in [0.15, 0.2) is 48.5 Å². The van der Waals surface area contributed by atoms with Gasteiger partial charge < -0.3 is 67.8 Å². The Balaban J connectivity index is 1.43. The molecule has 2 amide bonds. The molecule has 0 bridgehead atoms. The predicted octanol–water partition coefficient (Wildman–Crippen LogP) is 1.19. The van der Waals surface area contributed by atoms with Crippen LogP contribution in [0, 0.1) is 0 Å². The molecule has 3 N–H and O–H groups in total. The standard InChI is InChI=1S/C44H52N2O21/c1-20(47)45-35-38(62-24(5)51)36(67-43-40(64-26(7)53)39(63-25(6)52)37(61-23(4)50)34(66-43)19-58-22(3)49)33(18-57-21(2)48)65-42(35)59-17-32(41(54)55)46-44(56)60-16-31-29-14-10-8-12-27(29)28-13-9-11-15-30(28)31/h8-15,31-40,42-43H,16-19H2,1-7H3,(H,45,47)(H,46,56)(H,54,55)/t32-,33+,34-,35-,36+,37-,38+,39+,40-,42-,43+/m0/s1. The zero-order valence-corrected chi connectivity index (χ0v) is 37.5. The molecule has 2 aromatic rings. The van der Waals surface area contributed by atoms with E-state index in [1.165, 1.54) is 0 Å². The number of carbonyl (C=O) groups is 9. The lowest BCUT2D eigenvalue weighted by molar-refractivity contribution is -0.350. The van der Waals surface area contributed by atoms with Crippen molar-refractivity contribution in [3.63, 3.8) is 0 Å². The molecule has 5 rings (SSSR count). The summed E-state index contributed by atoms with van der Waals surface area (Å²) in [6, 6.07) is 11.8. The van der Waals surface area contributed by atoms with Crippen molar-refractivity contribution in [2.24, 2.45) is 0 Å². The maximum atomic E-state index is 13.2. The van der Waals surface area contributed by atoms with Crippen molar-refractivity contribution < 1.29 is 100 Å². The topological polar surface area (TPSA) is 299 Å². The number of carboxylic acid groups (broad SMARTS) is 1. The molecule has 1 aliphatic carbocycles. The van der Waals surface area contributed by atoms with Crippen molar-refractivity contribution in [2.75, 3.05) is 26.4 Å². The largest absolute Gasteiger partial charge is 0.480 e. The van der Waals surface area contributed by atoms with Crippen LogP contribution < -0.4 is 10.6 Å². The summed E-state index contributed by atoms with van der Waals surface area (Å²) < 4.78 is 62.5. The number of alkyl carbamates (subject to hydrolysis) is 1. The number of ether oxygens (including phenoxy) is 11. The van der Waals surface area contributed by atoms with Crippen LogP contribution in [0.3, 0.4) is 0 Å². The molecular formula is C44H52N2O21. The number of nitrogens with one attached hydrogen (secondary N) is 2. The lowest BCUT2D eigenvalue weighted by atomic mass is 9.94. The van der Waals surface area contributed by atoms with E-state index in [2.05, 4.69) is 10.6 Å². The van der Waals surface area contributed by atoms with E-state index in [1.807, 2.05) is 48.5 Å². The third-order valence-electron chi connectivity index (χ3n) is 10.4. The van der Waals surface area contributed by atoms with Crippen LogP contribution in [0.5, 0.6) is 0 Å². The minimum absolute atomic E-state index is 0.147. The van der Waals surface area contributed by atoms with Crippen LogP contribution in [0.1, 0.15) is 65.5 Å². The summed E-state index contributed by atoms with van der Waals surface area (Å²) in [5.41, 5.74) is 3.76. The summed E-state index contributed by atoms with van der Waals surface area (Å²) in [6.07, 6.45) is -16.3. The lowest BCUT2D eigenvalue weighted by Gasteiger charge is -2.49. The molecule has 364 valence electrons. The summed E-state index contributed by atoms with van der Waals surface area (Å²) in [4.78, 5) is 113.